The second-order valence-corrected chi connectivity index (χ2v) is 7.77. The van der Waals surface area contributed by atoms with Gasteiger partial charge in [0.05, 0.1) is 24.4 Å². The molecule has 2 aliphatic rings. The number of hydrazine groups is 1. The van der Waals surface area contributed by atoms with E-state index in [0.29, 0.717) is 6.54 Å². The molecular formula is C17H25IN2O4. The lowest BCUT2D eigenvalue weighted by Crippen LogP contribution is -2.47. The van der Waals surface area contributed by atoms with Crippen molar-refractivity contribution in [3.63, 3.8) is 0 Å². The predicted molar refractivity (Wildman–Crippen MR) is 99.4 cm³/mol. The number of hydrogen-bond donors (Lipinski definition) is 0. The predicted octanol–water partition coefficient (Wildman–Crippen LogP) is 4.76. The highest BCUT2D eigenvalue weighted by Gasteiger charge is 2.40. The van der Waals surface area contributed by atoms with Gasteiger partial charge in [-0.3, -0.25) is 0 Å². The van der Waals surface area contributed by atoms with Gasteiger partial charge in [0, 0.05) is 3.58 Å². The van der Waals surface area contributed by atoms with Crippen LogP contribution in [-0.4, -0.2) is 41.0 Å². The molecular weight excluding hydrogens is 423 g/mol. The van der Waals surface area contributed by atoms with E-state index < -0.39 is 12.2 Å². The molecule has 0 aromatic heterocycles. The monoisotopic (exact) mass is 448 g/mol. The van der Waals surface area contributed by atoms with Crippen LogP contribution in [0.5, 0.6) is 0 Å². The molecule has 0 aromatic carbocycles. The minimum atomic E-state index is -0.543. The molecule has 0 saturated carbocycles. The maximum Gasteiger partial charge on any atom is 0.434 e. The van der Waals surface area contributed by atoms with Crippen molar-refractivity contribution in [2.24, 2.45) is 0 Å². The van der Waals surface area contributed by atoms with Gasteiger partial charge >= 0.3 is 12.2 Å². The number of nitrogens with zero attached hydrogens (tertiary/aromatic N) is 2. The van der Waals surface area contributed by atoms with Crippen LogP contribution in [0.2, 0.25) is 0 Å². The third-order valence-electron chi connectivity index (χ3n) is 3.65. The first kappa shape index (κ1) is 19.1. The topological polar surface area (TPSA) is 59.1 Å². The van der Waals surface area contributed by atoms with Crippen molar-refractivity contribution < 1.29 is 19.1 Å². The SMILES string of the molecule is CC(C)OC(=O)N1CC(I)=C(C2=CCCCC2)N1C(=O)OC(C)C. The van der Waals surface area contributed by atoms with Gasteiger partial charge in [-0.1, -0.05) is 6.08 Å². The molecule has 0 fully saturated rings. The summed E-state index contributed by atoms with van der Waals surface area (Å²) in [6, 6.07) is 0. The smallest absolute Gasteiger partial charge is 0.434 e. The molecule has 0 aromatic rings. The molecule has 6 nitrogen and oxygen atoms in total. The molecule has 24 heavy (non-hydrogen) atoms. The summed E-state index contributed by atoms with van der Waals surface area (Å²) in [6.45, 7) is 7.48. The van der Waals surface area contributed by atoms with Crippen molar-refractivity contribution in [3.05, 3.63) is 20.9 Å². The minimum Gasteiger partial charge on any atom is -0.445 e. The van der Waals surface area contributed by atoms with Crippen LogP contribution in [-0.2, 0) is 9.47 Å². The molecule has 0 spiro atoms. The number of allylic oxidation sites excluding steroid dienone is 2. The number of carbonyl (C=O) groups excluding carboxylic acids is 2. The van der Waals surface area contributed by atoms with Crippen LogP contribution in [0.15, 0.2) is 20.9 Å². The Morgan fingerprint density at radius 3 is 2.25 bits per heavy atom. The average Bonchev–Trinajstić information content (AvgIpc) is 2.84. The Kier molecular flexibility index (Phi) is 6.54. The first-order valence-corrected chi connectivity index (χ1v) is 9.46. The molecule has 1 heterocycles. The molecule has 0 saturated heterocycles. The second-order valence-electron chi connectivity index (χ2n) is 6.46. The van der Waals surface area contributed by atoms with Gasteiger partial charge < -0.3 is 9.47 Å². The molecule has 2 amide bonds. The van der Waals surface area contributed by atoms with E-state index in [1.165, 1.54) is 10.0 Å². The van der Waals surface area contributed by atoms with Gasteiger partial charge in [0.1, 0.15) is 0 Å². The average molecular weight is 448 g/mol. The zero-order valence-electron chi connectivity index (χ0n) is 14.7. The van der Waals surface area contributed by atoms with E-state index in [1.807, 2.05) is 0 Å². The van der Waals surface area contributed by atoms with Crippen molar-refractivity contribution in [1.29, 1.82) is 0 Å². The highest BCUT2D eigenvalue weighted by Crippen LogP contribution is 2.37. The normalized spacial score (nSPS) is 18.4. The number of rotatable bonds is 3. The van der Waals surface area contributed by atoms with Crippen LogP contribution < -0.4 is 0 Å². The third-order valence-corrected chi connectivity index (χ3v) is 4.50. The lowest BCUT2D eigenvalue weighted by Gasteiger charge is -2.31. The fraction of sp³-hybridized carbons (Fsp3) is 0.647. The minimum absolute atomic E-state index is 0.254. The molecule has 0 unspecified atom stereocenters. The number of halogens is 1. The van der Waals surface area contributed by atoms with Crippen molar-refractivity contribution in [2.75, 3.05) is 6.54 Å². The first-order chi connectivity index (χ1) is 11.3. The number of ether oxygens (including phenoxy) is 2. The Hall–Kier alpha value is -1.25. The maximum atomic E-state index is 12.6. The van der Waals surface area contributed by atoms with Gasteiger partial charge in [0.2, 0.25) is 0 Å². The summed E-state index contributed by atoms with van der Waals surface area (Å²) in [4.78, 5) is 25.1. The van der Waals surface area contributed by atoms with Crippen LogP contribution in [0.25, 0.3) is 0 Å². The Labute approximate surface area is 156 Å². The van der Waals surface area contributed by atoms with Crippen molar-refractivity contribution in [3.8, 4) is 0 Å². The van der Waals surface area contributed by atoms with E-state index in [9.17, 15) is 9.59 Å². The summed E-state index contributed by atoms with van der Waals surface area (Å²) < 4.78 is 11.6. The third kappa shape index (κ3) is 4.43. The summed E-state index contributed by atoms with van der Waals surface area (Å²) in [5.41, 5.74) is 1.88. The van der Waals surface area contributed by atoms with E-state index in [0.717, 1.165) is 40.5 Å². The van der Waals surface area contributed by atoms with Gasteiger partial charge in [-0.05, 0) is 81.5 Å². The summed E-state index contributed by atoms with van der Waals surface area (Å²) in [5.74, 6) is 0. The van der Waals surface area contributed by atoms with Crippen molar-refractivity contribution in [1.82, 2.24) is 10.0 Å². The fourth-order valence-corrected chi connectivity index (χ4v) is 3.62. The van der Waals surface area contributed by atoms with E-state index >= 15 is 0 Å². The molecule has 0 N–H and O–H groups in total. The largest absolute Gasteiger partial charge is 0.445 e. The Bertz CT molecular complexity index is 569. The lowest BCUT2D eigenvalue weighted by atomic mass is 9.97. The van der Waals surface area contributed by atoms with Gasteiger partial charge in [0.25, 0.3) is 0 Å². The quantitative estimate of drug-likeness (QED) is 0.585. The Balaban J connectivity index is 2.32. The lowest BCUT2D eigenvalue weighted by molar-refractivity contribution is -0.00393. The molecule has 0 atom stereocenters. The van der Waals surface area contributed by atoms with Gasteiger partial charge in [-0.2, -0.15) is 5.01 Å². The highest BCUT2D eigenvalue weighted by atomic mass is 127. The molecule has 0 bridgehead atoms. The first-order valence-electron chi connectivity index (χ1n) is 8.38. The van der Waals surface area contributed by atoms with Gasteiger partial charge in [0.15, 0.2) is 0 Å². The molecule has 1 aliphatic carbocycles. The Morgan fingerprint density at radius 2 is 1.71 bits per heavy atom. The van der Waals surface area contributed by atoms with Gasteiger partial charge in [-0.25, -0.2) is 14.6 Å². The van der Waals surface area contributed by atoms with Gasteiger partial charge in [-0.15, -0.1) is 0 Å². The zero-order chi connectivity index (χ0) is 17.9. The standard InChI is InChI=1S/C17H25IN2O4/c1-11(2)23-16(21)19-10-14(18)15(13-8-6-5-7-9-13)20(19)17(22)24-12(3)4/h8,11-12H,5-7,9-10H2,1-4H3. The van der Waals surface area contributed by atoms with Crippen LogP contribution >= 0.6 is 22.6 Å². The summed E-state index contributed by atoms with van der Waals surface area (Å²) in [5, 5.41) is 2.68. The summed E-state index contributed by atoms with van der Waals surface area (Å²) in [7, 11) is 0. The van der Waals surface area contributed by atoms with E-state index in [2.05, 4.69) is 28.7 Å². The van der Waals surface area contributed by atoms with Crippen molar-refractivity contribution in [2.45, 2.75) is 65.6 Å². The van der Waals surface area contributed by atoms with E-state index in [4.69, 9.17) is 9.47 Å². The van der Waals surface area contributed by atoms with Crippen molar-refractivity contribution >= 4 is 34.8 Å². The molecule has 2 rings (SSSR count). The Morgan fingerprint density at radius 1 is 1.08 bits per heavy atom. The van der Waals surface area contributed by atoms with Crippen LogP contribution in [0.1, 0.15) is 53.4 Å². The summed E-state index contributed by atoms with van der Waals surface area (Å²) >= 11 is 2.20. The number of carbonyl (C=O) groups is 2. The van der Waals surface area contributed by atoms with Crippen LogP contribution in [0.3, 0.4) is 0 Å². The summed E-state index contributed by atoms with van der Waals surface area (Å²) in [6.07, 6.45) is 4.70. The molecule has 7 heteroatoms. The second kappa shape index (κ2) is 8.22. The van der Waals surface area contributed by atoms with E-state index in [-0.39, 0.29) is 12.2 Å². The van der Waals surface area contributed by atoms with E-state index in [1.54, 1.807) is 27.7 Å². The highest BCUT2D eigenvalue weighted by molar-refractivity contribution is 14.1. The maximum absolute atomic E-state index is 12.6. The van der Waals surface area contributed by atoms with Crippen LogP contribution in [0.4, 0.5) is 9.59 Å². The number of hydrogen-bond acceptors (Lipinski definition) is 4. The zero-order valence-corrected chi connectivity index (χ0v) is 16.8. The number of amides is 2. The molecule has 0 radical (unpaired) electrons. The molecule has 134 valence electrons. The van der Waals surface area contributed by atoms with Crippen LogP contribution in [0, 0.1) is 0 Å². The fourth-order valence-electron chi connectivity index (χ4n) is 2.73. The molecule has 1 aliphatic heterocycles.